The molecule has 23 heavy (non-hydrogen) atoms. The van der Waals surface area contributed by atoms with E-state index < -0.39 is 0 Å². The minimum atomic E-state index is -0.288. The average molecular weight is 315 g/mol. The lowest BCUT2D eigenvalue weighted by molar-refractivity contribution is 0.0777. The van der Waals surface area contributed by atoms with Crippen LogP contribution in [0.5, 0.6) is 0 Å². The minimum Gasteiger partial charge on any atom is -0.366 e. The van der Waals surface area contributed by atoms with Gasteiger partial charge in [-0.05, 0) is 30.2 Å². The maximum absolute atomic E-state index is 13.1. The molecule has 3 rings (SSSR count). The number of carbonyl (C=O) groups is 1. The van der Waals surface area contributed by atoms with Crippen molar-refractivity contribution >= 4 is 5.91 Å². The maximum atomic E-state index is 13.1. The molecular formula is C18H22FN3O. The topological polar surface area (TPSA) is 62.1 Å². The van der Waals surface area contributed by atoms with E-state index in [2.05, 4.69) is 18.8 Å². The summed E-state index contributed by atoms with van der Waals surface area (Å²) in [4.78, 5) is 17.8. The van der Waals surface area contributed by atoms with Gasteiger partial charge in [0, 0.05) is 36.5 Å². The molecule has 4 nitrogen and oxygen atoms in total. The van der Waals surface area contributed by atoms with Gasteiger partial charge in [-0.2, -0.15) is 0 Å². The first-order valence-electron chi connectivity index (χ1n) is 7.86. The minimum absolute atomic E-state index is 0.00500. The molecule has 3 N–H and O–H groups in total. The summed E-state index contributed by atoms with van der Waals surface area (Å²) in [7, 11) is 0. The number of hydrogen-bond acceptors (Lipinski definition) is 2. The molecule has 1 saturated heterocycles. The molecule has 122 valence electrons. The van der Waals surface area contributed by atoms with Crippen LogP contribution in [0.4, 0.5) is 4.39 Å². The van der Waals surface area contributed by atoms with Gasteiger partial charge in [-0.15, -0.1) is 0 Å². The molecule has 0 saturated carbocycles. The smallest absolute Gasteiger partial charge is 0.256 e. The molecule has 1 amide bonds. The van der Waals surface area contributed by atoms with Crippen LogP contribution in [0, 0.1) is 17.2 Å². The normalized spacial score (nSPS) is 24.2. The van der Waals surface area contributed by atoms with Gasteiger partial charge >= 0.3 is 0 Å². The Hall–Kier alpha value is -2.14. The van der Waals surface area contributed by atoms with Crippen LogP contribution in [0.25, 0.3) is 11.1 Å². The summed E-state index contributed by atoms with van der Waals surface area (Å²) >= 11 is 0. The third-order valence-electron chi connectivity index (χ3n) is 5.12. The van der Waals surface area contributed by atoms with E-state index in [0.717, 1.165) is 11.1 Å². The second kappa shape index (κ2) is 5.81. The standard InChI is InChI=1S/C18H22FN3O/c1-12-9-22(11-18(12,2)10-20)17(23)16-8-21-7-15(16)13-3-5-14(19)6-4-13/h3-8,12,21H,9-11,20H2,1-2H3/t12-,18-/m1/s1. The van der Waals surface area contributed by atoms with Crippen LogP contribution in [-0.4, -0.2) is 35.4 Å². The summed E-state index contributed by atoms with van der Waals surface area (Å²) in [6.45, 7) is 6.20. The van der Waals surface area contributed by atoms with Gasteiger partial charge in [0.2, 0.25) is 0 Å². The van der Waals surface area contributed by atoms with Crippen LogP contribution in [-0.2, 0) is 0 Å². The van der Waals surface area contributed by atoms with Crippen molar-refractivity contribution in [1.29, 1.82) is 0 Å². The van der Waals surface area contributed by atoms with Crippen molar-refractivity contribution in [2.45, 2.75) is 13.8 Å². The average Bonchev–Trinajstić information content (AvgIpc) is 3.13. The molecule has 2 aromatic rings. The second-order valence-corrected chi connectivity index (χ2v) is 6.73. The molecule has 1 aromatic carbocycles. The number of rotatable bonds is 3. The maximum Gasteiger partial charge on any atom is 0.256 e. The summed E-state index contributed by atoms with van der Waals surface area (Å²) in [5, 5.41) is 0. The molecule has 1 fully saturated rings. The lowest BCUT2D eigenvalue weighted by atomic mass is 9.81. The van der Waals surface area contributed by atoms with Crippen molar-refractivity contribution in [2.24, 2.45) is 17.1 Å². The molecule has 0 radical (unpaired) electrons. The number of hydrogen-bond donors (Lipinski definition) is 2. The highest BCUT2D eigenvalue weighted by atomic mass is 19.1. The van der Waals surface area contributed by atoms with E-state index >= 15 is 0 Å². The van der Waals surface area contributed by atoms with Gasteiger partial charge in [0.1, 0.15) is 5.82 Å². The quantitative estimate of drug-likeness (QED) is 0.915. The lowest BCUT2D eigenvalue weighted by Crippen LogP contribution is -2.35. The lowest BCUT2D eigenvalue weighted by Gasteiger charge is -2.25. The number of benzene rings is 1. The zero-order valence-electron chi connectivity index (χ0n) is 13.5. The highest BCUT2D eigenvalue weighted by Gasteiger charge is 2.41. The van der Waals surface area contributed by atoms with Gasteiger partial charge < -0.3 is 15.6 Å². The summed E-state index contributed by atoms with van der Waals surface area (Å²) < 4.78 is 13.1. The number of halogens is 1. The Balaban J connectivity index is 1.88. The molecule has 0 bridgehead atoms. The first-order chi connectivity index (χ1) is 10.9. The Morgan fingerprint density at radius 3 is 2.70 bits per heavy atom. The largest absolute Gasteiger partial charge is 0.366 e. The third-order valence-corrected chi connectivity index (χ3v) is 5.12. The van der Waals surface area contributed by atoms with Crippen molar-refractivity contribution in [3.05, 3.63) is 48.0 Å². The van der Waals surface area contributed by atoms with Crippen LogP contribution in [0.2, 0.25) is 0 Å². The summed E-state index contributed by atoms with van der Waals surface area (Å²) in [6.07, 6.45) is 3.49. The number of nitrogens with one attached hydrogen (secondary N) is 1. The van der Waals surface area contributed by atoms with E-state index in [1.807, 2.05) is 4.90 Å². The van der Waals surface area contributed by atoms with E-state index in [0.29, 0.717) is 31.1 Å². The zero-order chi connectivity index (χ0) is 16.6. The van der Waals surface area contributed by atoms with Crippen LogP contribution in [0.1, 0.15) is 24.2 Å². The fraction of sp³-hybridized carbons (Fsp3) is 0.389. The Morgan fingerprint density at radius 2 is 2.09 bits per heavy atom. The van der Waals surface area contributed by atoms with E-state index in [4.69, 9.17) is 5.73 Å². The van der Waals surface area contributed by atoms with Crippen molar-refractivity contribution in [2.75, 3.05) is 19.6 Å². The number of nitrogens with two attached hydrogens (primary N) is 1. The van der Waals surface area contributed by atoms with Gasteiger partial charge in [-0.3, -0.25) is 4.79 Å². The molecule has 0 aliphatic carbocycles. The first-order valence-corrected chi connectivity index (χ1v) is 7.86. The van der Waals surface area contributed by atoms with Gasteiger partial charge in [-0.1, -0.05) is 26.0 Å². The van der Waals surface area contributed by atoms with Crippen molar-refractivity contribution in [1.82, 2.24) is 9.88 Å². The summed E-state index contributed by atoms with van der Waals surface area (Å²) in [5.41, 5.74) is 8.09. The van der Waals surface area contributed by atoms with Crippen LogP contribution in [0.3, 0.4) is 0 Å². The van der Waals surface area contributed by atoms with Crippen LogP contribution in [0.15, 0.2) is 36.7 Å². The SMILES string of the molecule is C[C@@H]1CN(C(=O)c2c[nH]cc2-c2ccc(F)cc2)C[C@@]1(C)CN. The second-order valence-electron chi connectivity index (χ2n) is 6.73. The number of H-pyrrole nitrogens is 1. The number of likely N-dealkylation sites (tertiary alicyclic amines) is 1. The predicted octanol–water partition coefficient (Wildman–Crippen LogP) is 2.88. The zero-order valence-corrected chi connectivity index (χ0v) is 13.5. The van der Waals surface area contributed by atoms with Crippen molar-refractivity contribution < 1.29 is 9.18 Å². The van der Waals surface area contributed by atoms with Gasteiger partial charge in [0.25, 0.3) is 5.91 Å². The van der Waals surface area contributed by atoms with E-state index in [1.165, 1.54) is 12.1 Å². The van der Waals surface area contributed by atoms with Gasteiger partial charge in [0.15, 0.2) is 0 Å². The van der Waals surface area contributed by atoms with Crippen molar-refractivity contribution in [3.63, 3.8) is 0 Å². The van der Waals surface area contributed by atoms with Crippen molar-refractivity contribution in [3.8, 4) is 11.1 Å². The highest BCUT2D eigenvalue weighted by Crippen LogP contribution is 2.36. The van der Waals surface area contributed by atoms with E-state index in [1.54, 1.807) is 24.5 Å². The monoisotopic (exact) mass is 315 g/mol. The number of amides is 1. The molecule has 2 heterocycles. The summed E-state index contributed by atoms with van der Waals surface area (Å²) in [5.74, 6) is 0.0727. The van der Waals surface area contributed by atoms with Crippen LogP contribution >= 0.6 is 0 Å². The van der Waals surface area contributed by atoms with E-state index in [-0.39, 0.29) is 17.1 Å². The fourth-order valence-electron chi connectivity index (χ4n) is 3.21. The number of aromatic amines is 1. The molecule has 5 heteroatoms. The Bertz CT molecular complexity index is 709. The molecule has 0 unspecified atom stereocenters. The fourth-order valence-corrected chi connectivity index (χ4v) is 3.21. The Kier molecular flexibility index (Phi) is 3.98. The molecule has 0 spiro atoms. The molecule has 1 aromatic heterocycles. The van der Waals surface area contributed by atoms with Gasteiger partial charge in [0.05, 0.1) is 5.56 Å². The number of aromatic nitrogens is 1. The molecule has 2 atom stereocenters. The number of nitrogens with zero attached hydrogens (tertiary/aromatic N) is 1. The first kappa shape index (κ1) is 15.7. The third kappa shape index (κ3) is 2.77. The Morgan fingerprint density at radius 1 is 1.39 bits per heavy atom. The van der Waals surface area contributed by atoms with Crippen LogP contribution < -0.4 is 5.73 Å². The Labute approximate surface area is 135 Å². The molecular weight excluding hydrogens is 293 g/mol. The summed E-state index contributed by atoms with van der Waals surface area (Å²) in [6, 6.07) is 6.18. The molecule has 1 aliphatic heterocycles. The highest BCUT2D eigenvalue weighted by molar-refractivity contribution is 6.01. The van der Waals surface area contributed by atoms with E-state index in [9.17, 15) is 9.18 Å². The van der Waals surface area contributed by atoms with Gasteiger partial charge in [-0.25, -0.2) is 4.39 Å². The molecule has 1 aliphatic rings. The predicted molar refractivity (Wildman–Crippen MR) is 88.4 cm³/mol. The number of carbonyl (C=O) groups excluding carboxylic acids is 1.